The molecule has 2 N–H and O–H groups in total. The smallest absolute Gasteiger partial charge is 0.310 e. The van der Waals surface area contributed by atoms with Crippen LogP contribution in [0.1, 0.15) is 24.3 Å². The topological polar surface area (TPSA) is 57.5 Å². The lowest BCUT2D eigenvalue weighted by molar-refractivity contribution is -0.139. The predicted octanol–water partition coefficient (Wildman–Crippen LogP) is 3.29. The summed E-state index contributed by atoms with van der Waals surface area (Å²) in [5.41, 5.74) is 2.76. The molecule has 20 heavy (non-hydrogen) atoms. The number of aliphatic hydroxyl groups excluding tert-OH is 1. The average molecular weight is 270 g/mol. The summed E-state index contributed by atoms with van der Waals surface area (Å²) in [7, 11) is 0. The maximum atomic E-state index is 11.5. The summed E-state index contributed by atoms with van der Waals surface area (Å²) < 4.78 is 0. The van der Waals surface area contributed by atoms with Gasteiger partial charge in [0.05, 0.1) is 5.92 Å². The van der Waals surface area contributed by atoms with Crippen molar-refractivity contribution in [1.29, 1.82) is 0 Å². The zero-order chi connectivity index (χ0) is 14.4. The van der Waals surface area contributed by atoms with E-state index in [1.54, 1.807) is 0 Å². The molecule has 0 unspecified atom stereocenters. The van der Waals surface area contributed by atoms with E-state index in [0.717, 1.165) is 16.7 Å². The fraction of sp³-hybridized carbons (Fsp3) is 0.235. The second-order valence-corrected chi connectivity index (χ2v) is 4.71. The van der Waals surface area contributed by atoms with E-state index < -0.39 is 11.9 Å². The van der Waals surface area contributed by atoms with Crippen LogP contribution in [-0.4, -0.2) is 22.8 Å². The van der Waals surface area contributed by atoms with Crippen molar-refractivity contribution in [3.8, 4) is 11.1 Å². The molecule has 104 valence electrons. The van der Waals surface area contributed by atoms with Gasteiger partial charge in [0.2, 0.25) is 0 Å². The quantitative estimate of drug-likeness (QED) is 0.846. The number of hydrogen-bond donors (Lipinski definition) is 2. The molecule has 0 aromatic heterocycles. The average Bonchev–Trinajstić information content (AvgIpc) is 2.49. The molecule has 3 heteroatoms. The molecule has 1 atom stereocenters. The Kier molecular flexibility index (Phi) is 4.91. The van der Waals surface area contributed by atoms with Crippen LogP contribution in [0.3, 0.4) is 0 Å². The molecule has 2 rings (SSSR count). The molecular formula is C17H18O3. The molecule has 2 aromatic carbocycles. The molecule has 0 saturated carbocycles. The van der Waals surface area contributed by atoms with Crippen LogP contribution in [0.2, 0.25) is 0 Å². The molecule has 0 spiro atoms. The highest BCUT2D eigenvalue weighted by atomic mass is 16.4. The normalized spacial score (nSPS) is 12.1. The molecule has 0 aliphatic heterocycles. The molecule has 0 fully saturated rings. The van der Waals surface area contributed by atoms with E-state index in [0.29, 0.717) is 12.8 Å². The van der Waals surface area contributed by atoms with Crippen LogP contribution in [0, 0.1) is 0 Å². The van der Waals surface area contributed by atoms with E-state index in [2.05, 4.69) is 0 Å². The fourth-order valence-corrected chi connectivity index (χ4v) is 2.39. The van der Waals surface area contributed by atoms with Crippen molar-refractivity contribution in [1.82, 2.24) is 0 Å². The number of carboxylic acids is 1. The summed E-state index contributed by atoms with van der Waals surface area (Å²) >= 11 is 0. The Morgan fingerprint density at radius 3 is 2.30 bits per heavy atom. The van der Waals surface area contributed by atoms with Gasteiger partial charge in [0, 0.05) is 6.61 Å². The first kappa shape index (κ1) is 14.3. The van der Waals surface area contributed by atoms with Crippen LogP contribution in [0.4, 0.5) is 0 Å². The summed E-state index contributed by atoms with van der Waals surface area (Å²) in [6, 6.07) is 17.3. The van der Waals surface area contributed by atoms with E-state index in [9.17, 15) is 9.90 Å². The van der Waals surface area contributed by atoms with Crippen molar-refractivity contribution in [2.24, 2.45) is 0 Å². The van der Waals surface area contributed by atoms with Crippen molar-refractivity contribution < 1.29 is 15.0 Å². The Morgan fingerprint density at radius 1 is 1.00 bits per heavy atom. The first-order valence-electron chi connectivity index (χ1n) is 6.72. The van der Waals surface area contributed by atoms with Crippen LogP contribution >= 0.6 is 0 Å². The molecule has 0 bridgehead atoms. The standard InChI is InChI=1S/C17H18O3/c18-12-6-11-16(17(19)20)15-10-5-4-9-14(15)13-7-2-1-3-8-13/h1-5,7-10,16,18H,6,11-12H2,(H,19,20)/t16-/m0/s1. The lowest BCUT2D eigenvalue weighted by Gasteiger charge is -2.16. The van der Waals surface area contributed by atoms with Gasteiger partial charge in [-0.15, -0.1) is 0 Å². The van der Waals surface area contributed by atoms with Gasteiger partial charge in [-0.05, 0) is 29.5 Å². The molecule has 0 aliphatic rings. The molecule has 0 amide bonds. The van der Waals surface area contributed by atoms with E-state index in [-0.39, 0.29) is 6.61 Å². The maximum absolute atomic E-state index is 11.5. The van der Waals surface area contributed by atoms with Crippen molar-refractivity contribution >= 4 is 5.97 Å². The highest BCUT2D eigenvalue weighted by molar-refractivity contribution is 5.81. The van der Waals surface area contributed by atoms with Gasteiger partial charge in [-0.2, -0.15) is 0 Å². The largest absolute Gasteiger partial charge is 0.481 e. The molecule has 0 aliphatic carbocycles. The summed E-state index contributed by atoms with van der Waals surface area (Å²) in [4.78, 5) is 11.5. The van der Waals surface area contributed by atoms with Crippen LogP contribution < -0.4 is 0 Å². The Hall–Kier alpha value is -2.13. The lowest BCUT2D eigenvalue weighted by atomic mass is 9.88. The van der Waals surface area contributed by atoms with Gasteiger partial charge in [-0.25, -0.2) is 0 Å². The number of rotatable bonds is 6. The third kappa shape index (κ3) is 3.25. The predicted molar refractivity (Wildman–Crippen MR) is 78.6 cm³/mol. The Bertz CT molecular complexity index is 563. The third-order valence-corrected chi connectivity index (χ3v) is 3.37. The minimum Gasteiger partial charge on any atom is -0.481 e. The summed E-state index contributed by atoms with van der Waals surface area (Å²) in [6.45, 7) is 0.0112. The molecule has 2 aromatic rings. The zero-order valence-electron chi connectivity index (χ0n) is 11.2. The van der Waals surface area contributed by atoms with Gasteiger partial charge in [-0.3, -0.25) is 4.79 Å². The fourth-order valence-electron chi connectivity index (χ4n) is 2.39. The molecule has 0 saturated heterocycles. The first-order valence-corrected chi connectivity index (χ1v) is 6.72. The molecule has 0 radical (unpaired) electrons. The molecule has 3 nitrogen and oxygen atoms in total. The van der Waals surface area contributed by atoms with Crippen molar-refractivity contribution in [3.05, 3.63) is 60.2 Å². The van der Waals surface area contributed by atoms with Gasteiger partial charge in [0.1, 0.15) is 0 Å². The van der Waals surface area contributed by atoms with Gasteiger partial charge in [0.25, 0.3) is 0 Å². The Labute approximate surface area is 118 Å². The minimum atomic E-state index is -0.846. The van der Waals surface area contributed by atoms with Crippen LogP contribution in [0.5, 0.6) is 0 Å². The van der Waals surface area contributed by atoms with Gasteiger partial charge in [0.15, 0.2) is 0 Å². The second kappa shape index (κ2) is 6.87. The van der Waals surface area contributed by atoms with Gasteiger partial charge < -0.3 is 10.2 Å². The van der Waals surface area contributed by atoms with E-state index in [1.807, 2.05) is 54.6 Å². The highest BCUT2D eigenvalue weighted by Crippen LogP contribution is 2.31. The van der Waals surface area contributed by atoms with E-state index in [4.69, 9.17) is 5.11 Å². The molecule has 0 heterocycles. The Morgan fingerprint density at radius 2 is 1.65 bits per heavy atom. The van der Waals surface area contributed by atoms with E-state index >= 15 is 0 Å². The highest BCUT2D eigenvalue weighted by Gasteiger charge is 2.22. The third-order valence-electron chi connectivity index (χ3n) is 3.37. The lowest BCUT2D eigenvalue weighted by Crippen LogP contribution is -2.13. The van der Waals surface area contributed by atoms with Gasteiger partial charge in [-0.1, -0.05) is 54.6 Å². The number of aliphatic carboxylic acids is 1. The van der Waals surface area contributed by atoms with Crippen LogP contribution in [0.25, 0.3) is 11.1 Å². The first-order chi connectivity index (χ1) is 9.74. The van der Waals surface area contributed by atoms with Crippen LogP contribution in [0.15, 0.2) is 54.6 Å². The maximum Gasteiger partial charge on any atom is 0.310 e. The number of hydrogen-bond acceptors (Lipinski definition) is 2. The Balaban J connectivity index is 2.42. The summed E-state index contributed by atoms with van der Waals surface area (Å²) in [6.07, 6.45) is 0.926. The monoisotopic (exact) mass is 270 g/mol. The molecular weight excluding hydrogens is 252 g/mol. The minimum absolute atomic E-state index is 0.0112. The number of benzene rings is 2. The number of aliphatic hydroxyl groups is 1. The van der Waals surface area contributed by atoms with Crippen molar-refractivity contribution in [2.45, 2.75) is 18.8 Å². The van der Waals surface area contributed by atoms with Crippen LogP contribution in [-0.2, 0) is 4.79 Å². The second-order valence-electron chi connectivity index (χ2n) is 4.71. The van der Waals surface area contributed by atoms with Gasteiger partial charge >= 0.3 is 5.97 Å². The van der Waals surface area contributed by atoms with E-state index in [1.165, 1.54) is 0 Å². The van der Waals surface area contributed by atoms with Crippen molar-refractivity contribution in [3.63, 3.8) is 0 Å². The number of carbonyl (C=O) groups is 1. The summed E-state index contributed by atoms with van der Waals surface area (Å²) in [5.74, 6) is -1.43. The number of carboxylic acid groups (broad SMARTS) is 1. The SMILES string of the molecule is O=C(O)[C@@H](CCCO)c1ccccc1-c1ccccc1. The zero-order valence-corrected chi connectivity index (χ0v) is 11.2. The van der Waals surface area contributed by atoms with Crippen molar-refractivity contribution in [2.75, 3.05) is 6.61 Å². The summed E-state index contributed by atoms with van der Waals surface area (Å²) in [5, 5.41) is 18.4.